The van der Waals surface area contributed by atoms with Crippen molar-refractivity contribution in [1.82, 2.24) is 15.2 Å². The van der Waals surface area contributed by atoms with E-state index in [0.29, 0.717) is 5.75 Å². The van der Waals surface area contributed by atoms with Crippen molar-refractivity contribution in [2.45, 2.75) is 25.3 Å². The molecule has 0 saturated carbocycles. The third kappa shape index (κ3) is 4.70. The largest absolute Gasteiger partial charge is 0.492 e. The molecule has 1 saturated heterocycles. The summed E-state index contributed by atoms with van der Waals surface area (Å²) in [6, 6.07) is 5.05. The van der Waals surface area contributed by atoms with Gasteiger partial charge in [-0.15, -0.1) is 0 Å². The number of sulfonamides is 1. The van der Waals surface area contributed by atoms with Gasteiger partial charge in [-0.25, -0.2) is 22.5 Å². The van der Waals surface area contributed by atoms with E-state index in [0.717, 1.165) is 4.31 Å². The number of hydrogen-bond donors (Lipinski definition) is 2. The molecule has 1 aromatic rings. The number of ether oxygens (including phenoxy) is 2. The second-order valence-corrected chi connectivity index (χ2v) is 8.11. The van der Waals surface area contributed by atoms with Crippen molar-refractivity contribution in [2.75, 3.05) is 26.8 Å². The van der Waals surface area contributed by atoms with Crippen molar-refractivity contribution < 1.29 is 27.1 Å². The first-order chi connectivity index (χ1) is 12.3. The zero-order valence-electron chi connectivity index (χ0n) is 14.9. The average Bonchev–Trinajstić information content (AvgIpc) is 2.99. The van der Waals surface area contributed by atoms with Crippen LogP contribution in [0, 0.1) is 11.7 Å². The molecule has 1 aliphatic rings. The number of esters is 1. The second-order valence-electron chi connectivity index (χ2n) is 5.94. The summed E-state index contributed by atoms with van der Waals surface area (Å²) in [5.41, 5.74) is 5.45. The van der Waals surface area contributed by atoms with E-state index < -0.39 is 33.3 Å². The van der Waals surface area contributed by atoms with Crippen LogP contribution < -0.4 is 15.6 Å². The Labute approximate surface area is 152 Å². The van der Waals surface area contributed by atoms with Gasteiger partial charge in [0.2, 0.25) is 10.0 Å². The van der Waals surface area contributed by atoms with Crippen molar-refractivity contribution in [3.63, 3.8) is 0 Å². The highest BCUT2D eigenvalue weighted by molar-refractivity contribution is 7.89. The lowest BCUT2D eigenvalue weighted by Crippen LogP contribution is -2.48. The quantitative estimate of drug-likeness (QED) is 0.624. The van der Waals surface area contributed by atoms with Gasteiger partial charge in [-0.3, -0.25) is 10.2 Å². The van der Waals surface area contributed by atoms with E-state index in [2.05, 4.69) is 10.9 Å². The predicted molar refractivity (Wildman–Crippen MR) is 93.1 cm³/mol. The molecular formula is C16H24FN3O5S. The van der Waals surface area contributed by atoms with Crippen LogP contribution in [0.1, 0.15) is 13.8 Å². The van der Waals surface area contributed by atoms with E-state index in [9.17, 15) is 17.6 Å². The van der Waals surface area contributed by atoms with Gasteiger partial charge in [0.15, 0.2) is 5.37 Å². The highest BCUT2D eigenvalue weighted by Crippen LogP contribution is 2.23. The maximum atomic E-state index is 12.9. The molecule has 0 amide bonds. The minimum absolute atomic E-state index is 0.0712. The van der Waals surface area contributed by atoms with Crippen LogP contribution in [0.5, 0.6) is 5.75 Å². The Hall–Kier alpha value is -1.75. The lowest BCUT2D eigenvalue weighted by atomic mass is 10.0. The Morgan fingerprint density at radius 2 is 1.92 bits per heavy atom. The lowest BCUT2D eigenvalue weighted by Gasteiger charge is -2.25. The fraction of sp³-hybridized carbons (Fsp3) is 0.562. The molecule has 1 aromatic carbocycles. The summed E-state index contributed by atoms with van der Waals surface area (Å²) >= 11 is 0. The number of hydrazine groups is 1. The third-order valence-corrected chi connectivity index (χ3v) is 6.23. The van der Waals surface area contributed by atoms with Crippen LogP contribution in [0.15, 0.2) is 24.3 Å². The molecule has 3 unspecified atom stereocenters. The fourth-order valence-electron chi connectivity index (χ4n) is 2.63. The second kappa shape index (κ2) is 8.76. The summed E-state index contributed by atoms with van der Waals surface area (Å²) in [7, 11) is -2.41. The highest BCUT2D eigenvalue weighted by atomic mass is 32.2. The van der Waals surface area contributed by atoms with E-state index in [-0.39, 0.29) is 25.6 Å². The molecule has 26 heavy (non-hydrogen) atoms. The van der Waals surface area contributed by atoms with E-state index in [1.807, 2.05) is 0 Å². The Balaban J connectivity index is 1.98. The molecule has 10 heteroatoms. The van der Waals surface area contributed by atoms with Crippen LogP contribution in [0.3, 0.4) is 0 Å². The summed E-state index contributed by atoms with van der Waals surface area (Å²) in [6.07, 6.45) is 0. The van der Waals surface area contributed by atoms with Gasteiger partial charge in [0, 0.05) is 19.6 Å². The van der Waals surface area contributed by atoms with Crippen LogP contribution >= 0.6 is 0 Å². The molecule has 0 aliphatic carbocycles. The minimum atomic E-state index is -3.83. The van der Waals surface area contributed by atoms with Gasteiger partial charge in [-0.05, 0) is 38.1 Å². The Kier molecular flexibility index (Phi) is 6.93. The van der Waals surface area contributed by atoms with Crippen molar-refractivity contribution in [1.29, 1.82) is 0 Å². The van der Waals surface area contributed by atoms with Gasteiger partial charge in [-0.2, -0.15) is 0 Å². The van der Waals surface area contributed by atoms with Gasteiger partial charge in [0.25, 0.3) is 0 Å². The Bertz CT molecular complexity index is 713. The van der Waals surface area contributed by atoms with Gasteiger partial charge in [0.05, 0.1) is 6.61 Å². The fourth-order valence-corrected chi connectivity index (χ4v) is 4.28. The number of nitrogens with one attached hydrogen (secondary N) is 2. The number of hydrogen-bond acceptors (Lipinski definition) is 7. The molecule has 3 atom stereocenters. The van der Waals surface area contributed by atoms with Crippen LogP contribution in [0.25, 0.3) is 0 Å². The first kappa shape index (κ1) is 20.6. The molecule has 8 nitrogen and oxygen atoms in total. The zero-order chi connectivity index (χ0) is 19.3. The third-order valence-electron chi connectivity index (χ3n) is 4.12. The minimum Gasteiger partial charge on any atom is -0.492 e. The van der Waals surface area contributed by atoms with Crippen molar-refractivity contribution in [3.8, 4) is 5.75 Å². The number of benzene rings is 1. The molecule has 1 fully saturated rings. The zero-order valence-corrected chi connectivity index (χ0v) is 15.8. The average molecular weight is 389 g/mol. The number of likely N-dealkylation sites (N-methyl/N-ethyl adjacent to an activating group) is 1. The summed E-state index contributed by atoms with van der Waals surface area (Å²) < 4.78 is 50.0. The smallest absolute Gasteiger partial charge is 0.313 e. The summed E-state index contributed by atoms with van der Waals surface area (Å²) in [6.45, 7) is 3.71. The van der Waals surface area contributed by atoms with E-state index in [1.165, 1.54) is 31.3 Å². The molecule has 1 aliphatic heterocycles. The van der Waals surface area contributed by atoms with Crippen molar-refractivity contribution in [3.05, 3.63) is 30.1 Å². The molecular weight excluding hydrogens is 365 g/mol. The first-order valence-electron chi connectivity index (χ1n) is 8.28. The normalized spacial score (nSPS) is 23.2. The molecule has 0 bridgehead atoms. The molecule has 0 spiro atoms. The summed E-state index contributed by atoms with van der Waals surface area (Å²) in [4.78, 5) is 12.1. The SMILES string of the molecule is CCOC(=O)C1C(C)NNC1S(=O)(=O)N(C)CCOc1ccc(F)cc1. The summed E-state index contributed by atoms with van der Waals surface area (Å²) in [5, 5.41) is -1.13. The Morgan fingerprint density at radius 1 is 1.27 bits per heavy atom. The topological polar surface area (TPSA) is 97.0 Å². The van der Waals surface area contributed by atoms with Gasteiger partial charge < -0.3 is 9.47 Å². The van der Waals surface area contributed by atoms with E-state index in [1.54, 1.807) is 13.8 Å². The Morgan fingerprint density at radius 3 is 2.54 bits per heavy atom. The van der Waals surface area contributed by atoms with Crippen LogP contribution in [0.4, 0.5) is 4.39 Å². The maximum absolute atomic E-state index is 12.9. The standard InChI is InChI=1S/C16H24FN3O5S/c1-4-24-16(21)14-11(2)18-19-15(14)26(22,23)20(3)9-10-25-13-7-5-12(17)6-8-13/h5-8,11,14-15,18-19H,4,9-10H2,1-3H3. The molecule has 2 N–H and O–H groups in total. The van der Waals surface area contributed by atoms with Crippen LogP contribution in [0.2, 0.25) is 0 Å². The van der Waals surface area contributed by atoms with Crippen LogP contribution in [-0.4, -0.2) is 56.9 Å². The van der Waals surface area contributed by atoms with Gasteiger partial charge in [0.1, 0.15) is 24.1 Å². The van der Waals surface area contributed by atoms with Crippen LogP contribution in [-0.2, 0) is 19.6 Å². The van der Waals surface area contributed by atoms with Crippen molar-refractivity contribution >= 4 is 16.0 Å². The number of rotatable bonds is 8. The van der Waals surface area contributed by atoms with E-state index >= 15 is 0 Å². The summed E-state index contributed by atoms with van der Waals surface area (Å²) in [5.74, 6) is -1.37. The predicted octanol–water partition coefficient (Wildman–Crippen LogP) is 0.468. The van der Waals surface area contributed by atoms with Crippen molar-refractivity contribution in [2.24, 2.45) is 5.92 Å². The lowest BCUT2D eigenvalue weighted by molar-refractivity contribution is -0.148. The highest BCUT2D eigenvalue weighted by Gasteiger charge is 2.48. The molecule has 0 radical (unpaired) electrons. The number of carbonyl (C=O) groups excluding carboxylic acids is 1. The maximum Gasteiger partial charge on any atom is 0.313 e. The monoisotopic (exact) mass is 389 g/mol. The molecule has 146 valence electrons. The first-order valence-corrected chi connectivity index (χ1v) is 9.79. The van der Waals surface area contributed by atoms with Gasteiger partial charge >= 0.3 is 5.97 Å². The number of halogens is 1. The number of nitrogens with zero attached hydrogens (tertiary/aromatic N) is 1. The van der Waals surface area contributed by atoms with Gasteiger partial charge in [-0.1, -0.05) is 0 Å². The molecule has 1 heterocycles. The number of carbonyl (C=O) groups is 1. The van der Waals surface area contributed by atoms with E-state index in [4.69, 9.17) is 9.47 Å². The molecule has 0 aromatic heterocycles. The molecule has 2 rings (SSSR count).